The first-order valence-corrected chi connectivity index (χ1v) is 6.72. The van der Waals surface area contributed by atoms with E-state index < -0.39 is 0 Å². The number of hydrogen-bond acceptors (Lipinski definition) is 4. The topological polar surface area (TPSA) is 39.7 Å². The van der Waals surface area contributed by atoms with E-state index in [1.54, 1.807) is 14.2 Å². The van der Waals surface area contributed by atoms with Gasteiger partial charge in [0.15, 0.2) is 11.5 Å². The zero-order valence-corrected chi connectivity index (χ0v) is 12.5. The lowest BCUT2D eigenvalue weighted by atomic mass is 9.99. The molecular formula is C15H25NO3. The predicted octanol–water partition coefficient (Wildman–Crippen LogP) is 2.78. The molecule has 2 unspecified atom stereocenters. The number of ether oxygens (including phenoxy) is 3. The zero-order chi connectivity index (χ0) is 14.3. The van der Waals surface area contributed by atoms with Gasteiger partial charge in [0.25, 0.3) is 0 Å². The minimum absolute atomic E-state index is 0.143. The van der Waals surface area contributed by atoms with Gasteiger partial charge in [-0.25, -0.2) is 0 Å². The fourth-order valence-corrected chi connectivity index (χ4v) is 2.28. The third-order valence-corrected chi connectivity index (χ3v) is 3.23. The van der Waals surface area contributed by atoms with Gasteiger partial charge in [-0.3, -0.25) is 0 Å². The Morgan fingerprint density at radius 3 is 2.26 bits per heavy atom. The van der Waals surface area contributed by atoms with E-state index in [4.69, 9.17) is 14.2 Å². The summed E-state index contributed by atoms with van der Waals surface area (Å²) in [5.74, 6) is 1.48. The molecule has 0 aliphatic rings. The third-order valence-electron chi connectivity index (χ3n) is 3.23. The van der Waals surface area contributed by atoms with Gasteiger partial charge < -0.3 is 19.5 Å². The molecule has 0 heterocycles. The average Bonchev–Trinajstić information content (AvgIpc) is 2.46. The molecule has 1 aromatic rings. The van der Waals surface area contributed by atoms with Crippen LogP contribution in [-0.4, -0.2) is 34.0 Å². The molecule has 4 nitrogen and oxygen atoms in total. The summed E-state index contributed by atoms with van der Waals surface area (Å²) in [7, 11) is 5.24. The molecule has 0 bridgehead atoms. The Morgan fingerprint density at radius 2 is 1.79 bits per heavy atom. The van der Waals surface area contributed by atoms with Crippen molar-refractivity contribution in [2.75, 3.05) is 27.9 Å². The fraction of sp³-hybridized carbons (Fsp3) is 0.600. The summed E-state index contributed by atoms with van der Waals surface area (Å²) in [6.45, 7) is 4.86. The molecule has 1 N–H and O–H groups in total. The molecule has 4 heteroatoms. The fourth-order valence-electron chi connectivity index (χ4n) is 2.28. The first-order valence-electron chi connectivity index (χ1n) is 6.72. The Bertz CT molecular complexity index is 382. The lowest BCUT2D eigenvalue weighted by Gasteiger charge is -2.26. The van der Waals surface area contributed by atoms with Gasteiger partial charge in [0.05, 0.1) is 26.4 Å². The summed E-state index contributed by atoms with van der Waals surface area (Å²) in [4.78, 5) is 0. The standard InChI is InChI=1S/C15H25NO3/c1-6-12(19-7-2)15(16-3)11-8-9-13(17-4)14(10-11)18-5/h8-10,12,15-16H,6-7H2,1-5H3. The number of nitrogens with one attached hydrogen (secondary N) is 1. The maximum absolute atomic E-state index is 5.79. The number of rotatable bonds is 8. The second-order valence-electron chi connectivity index (χ2n) is 4.28. The first kappa shape index (κ1) is 15.8. The number of hydrogen-bond donors (Lipinski definition) is 1. The Morgan fingerprint density at radius 1 is 1.11 bits per heavy atom. The third kappa shape index (κ3) is 3.85. The van der Waals surface area contributed by atoms with Crippen LogP contribution in [-0.2, 0) is 4.74 Å². The van der Waals surface area contributed by atoms with Crippen LogP contribution in [0.1, 0.15) is 31.9 Å². The smallest absolute Gasteiger partial charge is 0.161 e. The van der Waals surface area contributed by atoms with Gasteiger partial charge in [-0.2, -0.15) is 0 Å². The van der Waals surface area contributed by atoms with E-state index >= 15 is 0 Å². The normalized spacial score (nSPS) is 13.9. The van der Waals surface area contributed by atoms with Crippen LogP contribution in [0, 0.1) is 0 Å². The minimum atomic E-state index is 0.143. The maximum atomic E-state index is 5.79. The molecule has 0 fully saturated rings. The van der Waals surface area contributed by atoms with Crippen molar-refractivity contribution in [3.05, 3.63) is 23.8 Å². The molecule has 1 aromatic carbocycles. The monoisotopic (exact) mass is 267 g/mol. The Balaban J connectivity index is 3.03. The lowest BCUT2D eigenvalue weighted by Crippen LogP contribution is -2.31. The second kappa shape index (κ2) is 8.02. The van der Waals surface area contributed by atoms with E-state index in [-0.39, 0.29) is 12.1 Å². The predicted molar refractivity (Wildman–Crippen MR) is 77.1 cm³/mol. The van der Waals surface area contributed by atoms with Crippen molar-refractivity contribution >= 4 is 0 Å². The van der Waals surface area contributed by atoms with Gasteiger partial charge in [0.2, 0.25) is 0 Å². The van der Waals surface area contributed by atoms with Crippen LogP contribution in [0.15, 0.2) is 18.2 Å². The molecule has 0 saturated carbocycles. The molecule has 2 atom stereocenters. The van der Waals surface area contributed by atoms with Crippen LogP contribution >= 0.6 is 0 Å². The minimum Gasteiger partial charge on any atom is -0.493 e. The SMILES string of the molecule is CCOC(CC)C(NC)c1ccc(OC)c(OC)c1. The van der Waals surface area contributed by atoms with Crippen LogP contribution in [0.3, 0.4) is 0 Å². The van der Waals surface area contributed by atoms with Crippen molar-refractivity contribution in [1.29, 1.82) is 0 Å². The van der Waals surface area contributed by atoms with Crippen molar-refractivity contribution in [3.8, 4) is 11.5 Å². The zero-order valence-electron chi connectivity index (χ0n) is 12.5. The Kier molecular flexibility index (Phi) is 6.67. The number of methoxy groups -OCH3 is 2. The van der Waals surface area contributed by atoms with E-state index in [1.807, 2.05) is 32.2 Å². The highest BCUT2D eigenvalue weighted by Crippen LogP contribution is 2.31. The van der Waals surface area contributed by atoms with Crippen LogP contribution in [0.2, 0.25) is 0 Å². The summed E-state index contributed by atoms with van der Waals surface area (Å²) in [5, 5.41) is 3.32. The van der Waals surface area contributed by atoms with Crippen molar-refractivity contribution in [2.45, 2.75) is 32.4 Å². The van der Waals surface area contributed by atoms with Crippen molar-refractivity contribution in [2.24, 2.45) is 0 Å². The van der Waals surface area contributed by atoms with Gasteiger partial charge in [-0.05, 0) is 38.1 Å². The molecule has 108 valence electrons. The van der Waals surface area contributed by atoms with Gasteiger partial charge in [-0.15, -0.1) is 0 Å². The molecule has 19 heavy (non-hydrogen) atoms. The number of benzene rings is 1. The van der Waals surface area contributed by atoms with E-state index in [2.05, 4.69) is 12.2 Å². The largest absolute Gasteiger partial charge is 0.493 e. The highest BCUT2D eigenvalue weighted by molar-refractivity contribution is 5.44. The highest BCUT2D eigenvalue weighted by atomic mass is 16.5. The molecule has 1 rings (SSSR count). The highest BCUT2D eigenvalue weighted by Gasteiger charge is 2.21. The summed E-state index contributed by atoms with van der Waals surface area (Å²) in [5.41, 5.74) is 1.14. The summed E-state index contributed by atoms with van der Waals surface area (Å²) >= 11 is 0. The molecule has 0 amide bonds. The van der Waals surface area contributed by atoms with E-state index in [9.17, 15) is 0 Å². The van der Waals surface area contributed by atoms with Gasteiger partial charge in [0.1, 0.15) is 0 Å². The van der Waals surface area contributed by atoms with Crippen LogP contribution < -0.4 is 14.8 Å². The summed E-state index contributed by atoms with van der Waals surface area (Å²) in [6.07, 6.45) is 1.10. The van der Waals surface area contributed by atoms with E-state index in [1.165, 1.54) is 0 Å². The molecule has 0 aliphatic carbocycles. The molecule has 0 spiro atoms. The van der Waals surface area contributed by atoms with Crippen LogP contribution in [0.4, 0.5) is 0 Å². The maximum Gasteiger partial charge on any atom is 0.161 e. The molecule has 0 saturated heterocycles. The Hall–Kier alpha value is -1.26. The van der Waals surface area contributed by atoms with Gasteiger partial charge >= 0.3 is 0 Å². The van der Waals surface area contributed by atoms with Crippen molar-refractivity contribution < 1.29 is 14.2 Å². The molecule has 0 radical (unpaired) electrons. The number of likely N-dealkylation sites (N-methyl/N-ethyl adjacent to an activating group) is 1. The van der Waals surface area contributed by atoms with Crippen LogP contribution in [0.25, 0.3) is 0 Å². The second-order valence-corrected chi connectivity index (χ2v) is 4.28. The average molecular weight is 267 g/mol. The van der Waals surface area contributed by atoms with Gasteiger partial charge in [0, 0.05) is 6.61 Å². The molecular weight excluding hydrogens is 242 g/mol. The molecule has 0 aliphatic heterocycles. The summed E-state index contributed by atoms with van der Waals surface area (Å²) < 4.78 is 16.4. The van der Waals surface area contributed by atoms with Crippen LogP contribution in [0.5, 0.6) is 11.5 Å². The van der Waals surface area contributed by atoms with E-state index in [0.717, 1.165) is 23.5 Å². The van der Waals surface area contributed by atoms with Crippen molar-refractivity contribution in [1.82, 2.24) is 5.32 Å². The first-order chi connectivity index (χ1) is 9.21. The quantitative estimate of drug-likeness (QED) is 0.786. The Labute approximate surface area is 116 Å². The van der Waals surface area contributed by atoms with Gasteiger partial charge in [-0.1, -0.05) is 13.0 Å². The van der Waals surface area contributed by atoms with E-state index in [0.29, 0.717) is 6.61 Å². The lowest BCUT2D eigenvalue weighted by molar-refractivity contribution is 0.0333. The van der Waals surface area contributed by atoms with Crippen molar-refractivity contribution in [3.63, 3.8) is 0 Å². The summed E-state index contributed by atoms with van der Waals surface area (Å²) in [6, 6.07) is 6.12. The molecule has 0 aromatic heterocycles.